The number of hydrogen-bond acceptors (Lipinski definition) is 4. The van der Waals surface area contributed by atoms with E-state index in [2.05, 4.69) is 10.3 Å². The molecule has 0 saturated carbocycles. The van der Waals surface area contributed by atoms with Gasteiger partial charge in [0.25, 0.3) is 0 Å². The van der Waals surface area contributed by atoms with Gasteiger partial charge < -0.3 is 13.6 Å². The number of benzene rings is 1. The van der Waals surface area contributed by atoms with E-state index in [0.717, 1.165) is 0 Å². The third-order valence-electron chi connectivity index (χ3n) is 4.99. The molecule has 152 valence electrons. The summed E-state index contributed by atoms with van der Waals surface area (Å²) in [7, 11) is 1.67. The molecule has 1 aliphatic heterocycles. The lowest BCUT2D eigenvalue weighted by molar-refractivity contribution is -0.115. The number of fused-ring (bicyclic) bond motifs is 1. The maximum atomic E-state index is 14.2. The van der Waals surface area contributed by atoms with Gasteiger partial charge in [-0.1, -0.05) is 0 Å². The lowest BCUT2D eigenvalue weighted by atomic mass is 9.94. The minimum absolute atomic E-state index is 0.0318. The van der Waals surface area contributed by atoms with Crippen molar-refractivity contribution in [3.8, 4) is 0 Å². The predicted octanol–water partition coefficient (Wildman–Crippen LogP) is 3.62. The highest BCUT2D eigenvalue weighted by Crippen LogP contribution is 2.36. The van der Waals surface area contributed by atoms with Gasteiger partial charge in [-0.25, -0.2) is 22.5 Å². The second-order valence-electron chi connectivity index (χ2n) is 6.69. The van der Waals surface area contributed by atoms with Gasteiger partial charge in [0.15, 0.2) is 28.0 Å². The van der Waals surface area contributed by atoms with E-state index in [0.29, 0.717) is 16.2 Å². The molecule has 1 amide bonds. The van der Waals surface area contributed by atoms with E-state index in [4.69, 9.17) is 16.6 Å². The highest BCUT2D eigenvalue weighted by molar-refractivity contribution is 7.71. The Bertz CT molecular complexity index is 1140. The summed E-state index contributed by atoms with van der Waals surface area (Å²) in [6, 6.07) is 0.213. The first kappa shape index (κ1) is 19.4. The molecule has 1 atom stereocenters. The quantitative estimate of drug-likeness (QED) is 0.393. The summed E-state index contributed by atoms with van der Waals surface area (Å²) in [4.78, 5) is 16.1. The van der Waals surface area contributed by atoms with Gasteiger partial charge in [-0.05, 0) is 18.6 Å². The normalized spacial score (nSPS) is 15.6. The molecular weight excluding hydrogens is 412 g/mol. The first-order chi connectivity index (χ1) is 13.8. The fourth-order valence-corrected chi connectivity index (χ4v) is 3.96. The minimum Gasteiger partial charge on any atom is -0.432 e. The van der Waals surface area contributed by atoms with Crippen LogP contribution in [0.5, 0.6) is 0 Å². The number of imidazole rings is 1. The molecule has 1 aliphatic rings. The molecule has 3 heterocycles. The van der Waals surface area contributed by atoms with Crippen LogP contribution in [0.1, 0.15) is 22.9 Å². The van der Waals surface area contributed by atoms with Crippen molar-refractivity contribution < 1.29 is 26.8 Å². The number of carbonyl (C=O) groups excluding carboxylic acids is 1. The maximum Gasteiger partial charge on any atom is 0.301 e. The fraction of sp³-hybridized carbons (Fsp3) is 0.278. The molecule has 11 heteroatoms. The highest BCUT2D eigenvalue weighted by Gasteiger charge is 2.34. The first-order valence-electron chi connectivity index (χ1n) is 8.57. The number of carbonyl (C=O) groups is 1. The van der Waals surface area contributed by atoms with Crippen molar-refractivity contribution in [2.75, 3.05) is 5.32 Å². The fourth-order valence-electron chi connectivity index (χ4n) is 3.66. The average Bonchev–Trinajstić information content (AvgIpc) is 3.37. The lowest BCUT2D eigenvalue weighted by Gasteiger charge is -2.14. The van der Waals surface area contributed by atoms with Crippen LogP contribution in [0.4, 0.5) is 23.6 Å². The van der Waals surface area contributed by atoms with E-state index in [1.807, 2.05) is 0 Å². The lowest BCUT2D eigenvalue weighted by Crippen LogP contribution is -2.18. The molecule has 1 aromatic carbocycles. The zero-order valence-corrected chi connectivity index (χ0v) is 15.8. The third-order valence-corrected chi connectivity index (χ3v) is 5.48. The Balaban J connectivity index is 1.65. The number of nitrogens with one attached hydrogen (secondary N) is 1. The summed E-state index contributed by atoms with van der Waals surface area (Å²) in [5.74, 6) is -7.03. The Kier molecular flexibility index (Phi) is 4.77. The third kappa shape index (κ3) is 3.24. The Morgan fingerprint density at radius 1 is 1.31 bits per heavy atom. The van der Waals surface area contributed by atoms with E-state index in [1.54, 1.807) is 16.2 Å². The summed E-state index contributed by atoms with van der Waals surface area (Å²) < 4.78 is 64.2. The SMILES string of the molecule is Cn1c(CC(=O)Nc2ncco2)c2n(c1=S)CC(c1c(F)c(F)cc(F)c1F)C2. The average molecular weight is 426 g/mol. The van der Waals surface area contributed by atoms with Crippen molar-refractivity contribution in [3.63, 3.8) is 0 Å². The summed E-state index contributed by atoms with van der Waals surface area (Å²) >= 11 is 5.36. The highest BCUT2D eigenvalue weighted by atomic mass is 32.1. The maximum absolute atomic E-state index is 14.2. The van der Waals surface area contributed by atoms with Crippen molar-refractivity contribution in [2.45, 2.75) is 25.3 Å². The Hall–Kier alpha value is -2.95. The second kappa shape index (κ2) is 7.14. The van der Waals surface area contributed by atoms with Crippen LogP contribution in [0, 0.1) is 28.0 Å². The number of oxazole rings is 1. The summed E-state index contributed by atoms with van der Waals surface area (Å²) in [6.45, 7) is 0.0418. The molecule has 1 N–H and O–H groups in total. The molecule has 0 radical (unpaired) electrons. The topological polar surface area (TPSA) is 65.0 Å². The summed E-state index contributed by atoms with van der Waals surface area (Å²) in [5.41, 5.74) is 0.450. The molecule has 4 rings (SSSR count). The predicted molar refractivity (Wildman–Crippen MR) is 95.8 cm³/mol. The molecular formula is C18H14F4N4O2S. The van der Waals surface area contributed by atoms with Gasteiger partial charge in [-0.15, -0.1) is 0 Å². The van der Waals surface area contributed by atoms with Crippen LogP contribution in [0.25, 0.3) is 0 Å². The zero-order chi connectivity index (χ0) is 20.9. The molecule has 1 unspecified atom stereocenters. The van der Waals surface area contributed by atoms with Crippen LogP contribution < -0.4 is 5.32 Å². The number of halogens is 4. The van der Waals surface area contributed by atoms with E-state index in [-0.39, 0.29) is 31.5 Å². The number of aromatic nitrogens is 3. The molecule has 0 aliphatic carbocycles. The monoisotopic (exact) mass is 426 g/mol. The summed E-state index contributed by atoms with van der Waals surface area (Å²) in [6.07, 6.45) is 2.65. The van der Waals surface area contributed by atoms with Gasteiger partial charge in [0.2, 0.25) is 5.91 Å². The Morgan fingerprint density at radius 2 is 2.00 bits per heavy atom. The number of anilines is 1. The van der Waals surface area contributed by atoms with E-state index in [1.165, 1.54) is 12.5 Å². The van der Waals surface area contributed by atoms with Crippen molar-refractivity contribution in [1.82, 2.24) is 14.1 Å². The van der Waals surface area contributed by atoms with Crippen LogP contribution in [0.15, 0.2) is 22.9 Å². The van der Waals surface area contributed by atoms with Crippen LogP contribution in [0.3, 0.4) is 0 Å². The molecule has 0 spiro atoms. The minimum atomic E-state index is -1.45. The molecule has 29 heavy (non-hydrogen) atoms. The van der Waals surface area contributed by atoms with Crippen molar-refractivity contribution >= 4 is 24.1 Å². The second-order valence-corrected chi connectivity index (χ2v) is 7.06. The van der Waals surface area contributed by atoms with Gasteiger partial charge in [0.05, 0.1) is 12.6 Å². The first-order valence-corrected chi connectivity index (χ1v) is 8.98. The van der Waals surface area contributed by atoms with Crippen molar-refractivity contribution in [1.29, 1.82) is 0 Å². The van der Waals surface area contributed by atoms with Gasteiger partial charge in [-0.3, -0.25) is 10.1 Å². The van der Waals surface area contributed by atoms with Crippen LogP contribution in [-0.4, -0.2) is 20.0 Å². The van der Waals surface area contributed by atoms with Crippen LogP contribution in [0.2, 0.25) is 0 Å². The van der Waals surface area contributed by atoms with Gasteiger partial charge in [0, 0.05) is 42.5 Å². The summed E-state index contributed by atoms with van der Waals surface area (Å²) in [5, 5.41) is 2.48. The molecule has 0 saturated heterocycles. The molecule has 0 fully saturated rings. The molecule has 0 bridgehead atoms. The smallest absolute Gasteiger partial charge is 0.301 e. The number of rotatable bonds is 4. The van der Waals surface area contributed by atoms with Gasteiger partial charge in [-0.2, -0.15) is 0 Å². The number of nitrogens with zero attached hydrogens (tertiary/aromatic N) is 3. The number of amides is 1. The van der Waals surface area contributed by atoms with Gasteiger partial charge in [0.1, 0.15) is 6.26 Å². The Morgan fingerprint density at radius 3 is 2.62 bits per heavy atom. The Labute approximate surface area is 166 Å². The van der Waals surface area contributed by atoms with E-state index < -0.39 is 40.7 Å². The van der Waals surface area contributed by atoms with Crippen molar-refractivity contribution in [3.05, 3.63) is 63.5 Å². The molecule has 6 nitrogen and oxygen atoms in total. The van der Waals surface area contributed by atoms with E-state index in [9.17, 15) is 22.4 Å². The number of hydrogen-bond donors (Lipinski definition) is 1. The largest absolute Gasteiger partial charge is 0.432 e. The van der Waals surface area contributed by atoms with Crippen LogP contribution >= 0.6 is 12.2 Å². The van der Waals surface area contributed by atoms with Crippen molar-refractivity contribution in [2.24, 2.45) is 7.05 Å². The van der Waals surface area contributed by atoms with Crippen LogP contribution in [-0.2, 0) is 31.2 Å². The zero-order valence-electron chi connectivity index (χ0n) is 15.0. The molecule has 2 aromatic heterocycles. The van der Waals surface area contributed by atoms with Gasteiger partial charge >= 0.3 is 6.01 Å². The standard InChI is InChI=1S/C18H14F4N4O2S/c1-25-11(6-13(27)24-17-23-2-3-28-17)12-4-8(7-26(12)18(25)29)14-15(21)9(19)5-10(20)16(14)22/h2-3,5,8H,4,6-7H2,1H3,(H,23,24,27). The van der Waals surface area contributed by atoms with E-state index >= 15 is 0 Å². The molecule has 3 aromatic rings.